The number of aliphatic carboxylic acids is 1. The smallest absolute Gasteiger partial charge is 0.322 e. The second kappa shape index (κ2) is 9.30. The number of carbonyl (C=O) groups is 1. The van der Waals surface area contributed by atoms with Crippen molar-refractivity contribution in [2.75, 3.05) is 22.5 Å². The third-order valence-corrected chi connectivity index (χ3v) is 6.88. The van der Waals surface area contributed by atoms with E-state index in [0.29, 0.717) is 37.6 Å². The van der Waals surface area contributed by atoms with Gasteiger partial charge in [-0.2, -0.15) is 15.0 Å². The van der Waals surface area contributed by atoms with Gasteiger partial charge in [0.15, 0.2) is 0 Å². The second-order valence-electron chi connectivity index (χ2n) is 12.4. The molecule has 2 saturated heterocycles. The van der Waals surface area contributed by atoms with Crippen LogP contribution in [-0.2, 0) is 15.2 Å². The molecule has 3 rings (SSSR count). The Balaban J connectivity index is 1.85. The third kappa shape index (κ3) is 6.29. The van der Waals surface area contributed by atoms with Gasteiger partial charge < -0.3 is 21.1 Å². The van der Waals surface area contributed by atoms with Gasteiger partial charge >= 0.3 is 5.97 Å². The maximum atomic E-state index is 12.7. The summed E-state index contributed by atoms with van der Waals surface area (Å²) in [6.45, 7) is 15.0. The molecule has 2 aliphatic heterocycles. The normalized spacial score (nSPS) is 24.6. The number of rotatable bonds is 7. The molecular formula is C23H40N8O4. The highest BCUT2D eigenvalue weighted by atomic mass is 16.5. The number of nitrogens with one attached hydrogen (secondary N) is 3. The SMILES string of the molecule is CC1(C)CC(Nc2nc(NCC(=O)O)nc(NC3CC(C)(C)N([O])C(C)(C)C3)n2)CC(C)(C)N1[O]. The van der Waals surface area contributed by atoms with E-state index in [-0.39, 0.29) is 24.6 Å². The molecule has 0 aliphatic carbocycles. The van der Waals surface area contributed by atoms with E-state index >= 15 is 0 Å². The standard InChI is InChI=1S/C23H40N8O4/c1-20(2)9-14(10-21(3,4)30(20)34)25-18-27-17(24-13-16(32)33)28-19(29-18)26-15-11-22(5,6)31(35)23(7,8)12-15/h14-15H,9-13H2,1-8H3,(H,32,33)(H3,24,25,26,27,28,29). The molecule has 3 heterocycles. The fourth-order valence-electron chi connectivity index (χ4n) is 5.83. The molecule has 0 bridgehead atoms. The summed E-state index contributed by atoms with van der Waals surface area (Å²) in [4.78, 5) is 24.4. The predicted molar refractivity (Wildman–Crippen MR) is 131 cm³/mol. The summed E-state index contributed by atoms with van der Waals surface area (Å²) in [5, 5.41) is 46.2. The summed E-state index contributed by atoms with van der Waals surface area (Å²) in [5.41, 5.74) is -2.27. The monoisotopic (exact) mass is 492 g/mol. The van der Waals surface area contributed by atoms with Crippen LogP contribution in [-0.4, -0.2) is 76.9 Å². The lowest BCUT2D eigenvalue weighted by Gasteiger charge is -2.50. The number of aromatic nitrogens is 3. The molecule has 0 saturated carbocycles. The Bertz CT molecular complexity index is 838. The van der Waals surface area contributed by atoms with E-state index in [0.717, 1.165) is 10.1 Å². The quantitative estimate of drug-likeness (QED) is 0.446. The summed E-state index contributed by atoms with van der Waals surface area (Å²) in [7, 11) is 0. The number of nitrogens with zero attached hydrogens (tertiary/aromatic N) is 5. The maximum absolute atomic E-state index is 12.7. The van der Waals surface area contributed by atoms with Crippen molar-refractivity contribution in [3.63, 3.8) is 0 Å². The molecular weight excluding hydrogens is 452 g/mol. The van der Waals surface area contributed by atoms with Gasteiger partial charge in [0.05, 0.1) is 0 Å². The zero-order valence-electron chi connectivity index (χ0n) is 22.1. The van der Waals surface area contributed by atoms with Crippen LogP contribution in [0.2, 0.25) is 0 Å². The number of hydrogen-bond donors (Lipinski definition) is 4. The first-order valence-corrected chi connectivity index (χ1v) is 12.1. The number of piperidine rings is 2. The first-order chi connectivity index (χ1) is 15.9. The van der Waals surface area contributed by atoms with Gasteiger partial charge in [-0.05, 0) is 81.1 Å². The van der Waals surface area contributed by atoms with Crippen LogP contribution in [0, 0.1) is 0 Å². The van der Waals surface area contributed by atoms with E-state index in [2.05, 4.69) is 30.9 Å². The number of anilines is 3. The van der Waals surface area contributed by atoms with Gasteiger partial charge in [-0.25, -0.2) is 0 Å². The van der Waals surface area contributed by atoms with Gasteiger partial charge in [0.2, 0.25) is 17.8 Å². The zero-order chi connectivity index (χ0) is 26.4. The van der Waals surface area contributed by atoms with Crippen molar-refractivity contribution in [3.05, 3.63) is 0 Å². The third-order valence-electron chi connectivity index (χ3n) is 6.88. The summed E-state index contributed by atoms with van der Waals surface area (Å²) in [5.74, 6) is -0.309. The zero-order valence-corrected chi connectivity index (χ0v) is 22.1. The molecule has 0 spiro atoms. The van der Waals surface area contributed by atoms with Crippen molar-refractivity contribution in [2.45, 2.75) is 115 Å². The molecule has 0 unspecified atom stereocenters. The second-order valence-corrected chi connectivity index (χ2v) is 12.4. The van der Waals surface area contributed by atoms with Crippen LogP contribution in [0.25, 0.3) is 0 Å². The molecule has 2 fully saturated rings. The van der Waals surface area contributed by atoms with Crippen LogP contribution >= 0.6 is 0 Å². The first-order valence-electron chi connectivity index (χ1n) is 12.1. The molecule has 35 heavy (non-hydrogen) atoms. The minimum atomic E-state index is -1.04. The number of hydrogen-bond acceptors (Lipinski definition) is 9. The first kappa shape index (κ1) is 27.3. The van der Waals surface area contributed by atoms with E-state index in [4.69, 9.17) is 5.11 Å². The van der Waals surface area contributed by atoms with Gasteiger partial charge in [-0.1, -0.05) is 0 Å². The largest absolute Gasteiger partial charge is 0.480 e. The Hall–Kier alpha value is -2.28. The van der Waals surface area contributed by atoms with Crippen LogP contribution in [0.1, 0.15) is 81.1 Å². The minimum absolute atomic E-state index is 0.0608. The highest BCUT2D eigenvalue weighted by Crippen LogP contribution is 2.39. The minimum Gasteiger partial charge on any atom is -0.480 e. The van der Waals surface area contributed by atoms with Crippen molar-refractivity contribution in [3.8, 4) is 0 Å². The summed E-state index contributed by atoms with van der Waals surface area (Å²) in [6.07, 6.45) is 2.38. The Morgan fingerprint density at radius 2 is 1.06 bits per heavy atom. The topological polar surface area (TPSA) is 158 Å². The van der Waals surface area contributed by atoms with Crippen LogP contribution in [0.3, 0.4) is 0 Å². The molecule has 196 valence electrons. The highest BCUT2D eigenvalue weighted by Gasteiger charge is 2.47. The maximum Gasteiger partial charge on any atom is 0.322 e. The lowest BCUT2D eigenvalue weighted by Crippen LogP contribution is -2.60. The molecule has 2 aliphatic rings. The van der Waals surface area contributed by atoms with E-state index < -0.39 is 28.1 Å². The van der Waals surface area contributed by atoms with E-state index in [1.165, 1.54) is 0 Å². The molecule has 0 atom stereocenters. The Labute approximate surface area is 207 Å². The molecule has 0 amide bonds. The lowest BCUT2D eigenvalue weighted by atomic mass is 9.79. The van der Waals surface area contributed by atoms with Gasteiger partial charge in [-0.15, -0.1) is 20.5 Å². The van der Waals surface area contributed by atoms with Gasteiger partial charge in [0.1, 0.15) is 6.54 Å². The van der Waals surface area contributed by atoms with Gasteiger partial charge in [0.25, 0.3) is 0 Å². The van der Waals surface area contributed by atoms with Crippen LogP contribution in [0.15, 0.2) is 0 Å². The molecule has 12 nitrogen and oxygen atoms in total. The van der Waals surface area contributed by atoms with Crippen LogP contribution in [0.4, 0.5) is 17.8 Å². The van der Waals surface area contributed by atoms with Crippen molar-refractivity contribution in [2.24, 2.45) is 0 Å². The molecule has 4 N–H and O–H groups in total. The molecule has 1 aromatic heterocycles. The molecule has 12 heteroatoms. The lowest BCUT2D eigenvalue weighted by molar-refractivity contribution is -0.288. The highest BCUT2D eigenvalue weighted by molar-refractivity contribution is 5.72. The molecule has 0 aromatic carbocycles. The van der Waals surface area contributed by atoms with E-state index in [9.17, 15) is 15.2 Å². The number of carboxylic acid groups (broad SMARTS) is 1. The fourth-order valence-corrected chi connectivity index (χ4v) is 5.83. The molecule has 1 aromatic rings. The van der Waals surface area contributed by atoms with E-state index in [1.807, 2.05) is 55.4 Å². The van der Waals surface area contributed by atoms with Crippen LogP contribution < -0.4 is 16.0 Å². The van der Waals surface area contributed by atoms with Crippen LogP contribution in [0.5, 0.6) is 0 Å². The van der Waals surface area contributed by atoms with Gasteiger partial charge in [-0.3, -0.25) is 4.79 Å². The average molecular weight is 493 g/mol. The Morgan fingerprint density at radius 3 is 1.37 bits per heavy atom. The Morgan fingerprint density at radius 1 is 0.743 bits per heavy atom. The van der Waals surface area contributed by atoms with Crippen molar-refractivity contribution in [1.82, 2.24) is 25.1 Å². The van der Waals surface area contributed by atoms with Crippen molar-refractivity contribution >= 4 is 23.8 Å². The van der Waals surface area contributed by atoms with E-state index in [1.54, 1.807) is 0 Å². The van der Waals surface area contributed by atoms with Crippen molar-refractivity contribution < 1.29 is 20.3 Å². The Kier molecular flexibility index (Phi) is 7.26. The fraction of sp³-hybridized carbons (Fsp3) is 0.826. The molecule has 2 radical (unpaired) electrons. The summed E-state index contributed by atoms with van der Waals surface area (Å²) < 4.78 is 0. The number of carboxylic acids is 1. The van der Waals surface area contributed by atoms with Crippen molar-refractivity contribution in [1.29, 1.82) is 0 Å². The summed E-state index contributed by atoms with van der Waals surface area (Å²) >= 11 is 0. The van der Waals surface area contributed by atoms with Gasteiger partial charge in [0, 0.05) is 34.2 Å². The average Bonchev–Trinajstić information content (AvgIpc) is 2.67. The summed E-state index contributed by atoms with van der Waals surface area (Å²) in [6, 6.07) is -0.122. The predicted octanol–water partition coefficient (Wildman–Crippen LogP) is 2.93. The number of hydroxylamine groups is 4.